The highest BCUT2D eigenvalue weighted by Gasteiger charge is 2.19. The fourth-order valence-corrected chi connectivity index (χ4v) is 3.19. The summed E-state index contributed by atoms with van der Waals surface area (Å²) >= 11 is 0. The quantitative estimate of drug-likeness (QED) is 0.943. The first-order valence-electron chi connectivity index (χ1n) is 6.94. The maximum atomic E-state index is 12.2. The van der Waals surface area contributed by atoms with Crippen LogP contribution in [0.1, 0.15) is 16.7 Å². The third kappa shape index (κ3) is 3.95. The summed E-state index contributed by atoms with van der Waals surface area (Å²) in [6.45, 7) is 5.66. The van der Waals surface area contributed by atoms with Crippen molar-refractivity contribution in [2.75, 3.05) is 11.1 Å². The molecule has 0 aliphatic rings. The Morgan fingerprint density at radius 1 is 0.955 bits per heavy atom. The van der Waals surface area contributed by atoms with Gasteiger partial charge in [0, 0.05) is 5.69 Å². The minimum absolute atomic E-state index is 0.161. The van der Waals surface area contributed by atoms with E-state index in [1.807, 2.05) is 39.0 Å². The minimum atomic E-state index is -3.63. The molecule has 0 fully saturated rings. The molecule has 2 rings (SSSR count). The summed E-state index contributed by atoms with van der Waals surface area (Å²) in [6, 6.07) is 12.1. The fourth-order valence-electron chi connectivity index (χ4n) is 2.06. The van der Waals surface area contributed by atoms with Crippen LogP contribution in [0.3, 0.4) is 0 Å². The molecule has 0 aliphatic heterocycles. The number of carbonyl (C=O) groups is 1. The molecule has 0 spiro atoms. The molecule has 22 heavy (non-hydrogen) atoms. The van der Waals surface area contributed by atoms with Crippen molar-refractivity contribution >= 4 is 21.4 Å². The second kappa shape index (κ2) is 6.32. The van der Waals surface area contributed by atoms with Crippen molar-refractivity contribution in [2.45, 2.75) is 25.7 Å². The van der Waals surface area contributed by atoms with Gasteiger partial charge in [-0.25, -0.2) is 8.42 Å². The van der Waals surface area contributed by atoms with Gasteiger partial charge in [-0.15, -0.1) is 0 Å². The van der Waals surface area contributed by atoms with Gasteiger partial charge in [-0.1, -0.05) is 29.8 Å². The molecule has 0 bridgehead atoms. The molecule has 5 heteroatoms. The predicted octanol–water partition coefficient (Wildman–Crippen LogP) is 3.02. The highest BCUT2D eigenvalue weighted by atomic mass is 32.2. The number of benzene rings is 2. The van der Waals surface area contributed by atoms with Gasteiger partial charge in [0.15, 0.2) is 9.84 Å². The van der Waals surface area contributed by atoms with Crippen molar-refractivity contribution in [3.63, 3.8) is 0 Å². The van der Waals surface area contributed by atoms with Crippen molar-refractivity contribution in [1.29, 1.82) is 0 Å². The summed E-state index contributed by atoms with van der Waals surface area (Å²) in [4.78, 5) is 12.2. The number of anilines is 1. The zero-order valence-corrected chi connectivity index (χ0v) is 13.7. The summed E-state index contributed by atoms with van der Waals surface area (Å²) in [5, 5.41) is 2.67. The van der Waals surface area contributed by atoms with Crippen LogP contribution in [0.4, 0.5) is 5.69 Å². The molecule has 2 aromatic rings. The van der Waals surface area contributed by atoms with Gasteiger partial charge in [0.1, 0.15) is 5.75 Å². The molecule has 2 aromatic carbocycles. The normalized spacial score (nSPS) is 11.2. The molecule has 0 radical (unpaired) electrons. The van der Waals surface area contributed by atoms with Crippen LogP contribution >= 0.6 is 0 Å². The lowest BCUT2D eigenvalue weighted by atomic mass is 10.1. The number of hydrogen-bond acceptors (Lipinski definition) is 3. The summed E-state index contributed by atoms with van der Waals surface area (Å²) < 4.78 is 24.5. The molecular formula is C17H19NO3S. The number of sulfone groups is 1. The van der Waals surface area contributed by atoms with Gasteiger partial charge in [-0.3, -0.25) is 4.79 Å². The van der Waals surface area contributed by atoms with Crippen LogP contribution in [-0.2, 0) is 14.6 Å². The lowest BCUT2D eigenvalue weighted by Gasteiger charge is -2.10. The van der Waals surface area contributed by atoms with Crippen LogP contribution < -0.4 is 5.32 Å². The molecule has 1 N–H and O–H groups in total. The maximum Gasteiger partial charge on any atom is 0.239 e. The van der Waals surface area contributed by atoms with Crippen LogP contribution in [0.5, 0.6) is 0 Å². The van der Waals surface area contributed by atoms with Crippen LogP contribution in [0.25, 0.3) is 0 Å². The Morgan fingerprint density at radius 2 is 1.55 bits per heavy atom. The average molecular weight is 317 g/mol. The lowest BCUT2D eigenvalue weighted by Crippen LogP contribution is -2.23. The van der Waals surface area contributed by atoms with Crippen molar-refractivity contribution < 1.29 is 13.2 Å². The Labute approximate surface area is 131 Å². The van der Waals surface area contributed by atoms with Crippen LogP contribution in [0.2, 0.25) is 0 Å². The molecule has 0 saturated carbocycles. The van der Waals surface area contributed by atoms with E-state index < -0.39 is 21.5 Å². The Kier molecular flexibility index (Phi) is 4.66. The third-order valence-electron chi connectivity index (χ3n) is 3.37. The Balaban J connectivity index is 2.14. The molecule has 116 valence electrons. The first-order valence-corrected chi connectivity index (χ1v) is 8.60. The summed E-state index contributed by atoms with van der Waals surface area (Å²) in [5.74, 6) is -1.10. The number of amides is 1. The second-order valence-corrected chi connectivity index (χ2v) is 7.43. The zero-order chi connectivity index (χ0) is 16.3. The SMILES string of the molecule is Cc1ccc(S(=O)(=O)CC(=O)Nc2cc(C)ccc2C)cc1. The van der Waals surface area contributed by atoms with Gasteiger partial charge in [0.25, 0.3) is 0 Å². The number of aryl methyl sites for hydroxylation is 3. The van der Waals surface area contributed by atoms with Crippen molar-refractivity contribution in [3.8, 4) is 0 Å². The molecule has 1 amide bonds. The maximum absolute atomic E-state index is 12.2. The predicted molar refractivity (Wildman–Crippen MR) is 87.8 cm³/mol. The van der Waals surface area contributed by atoms with Gasteiger partial charge < -0.3 is 5.32 Å². The number of hydrogen-bond donors (Lipinski definition) is 1. The van der Waals surface area contributed by atoms with Gasteiger partial charge in [-0.2, -0.15) is 0 Å². The van der Waals surface area contributed by atoms with Crippen molar-refractivity contribution in [3.05, 3.63) is 59.2 Å². The molecule has 0 aromatic heterocycles. The third-order valence-corrected chi connectivity index (χ3v) is 5.00. The highest BCUT2D eigenvalue weighted by Crippen LogP contribution is 2.17. The Morgan fingerprint density at radius 3 is 2.18 bits per heavy atom. The average Bonchev–Trinajstić information content (AvgIpc) is 2.42. The molecule has 0 aliphatic carbocycles. The molecule has 4 nitrogen and oxygen atoms in total. The van der Waals surface area contributed by atoms with Gasteiger partial charge >= 0.3 is 0 Å². The Hall–Kier alpha value is -2.14. The first-order chi connectivity index (χ1) is 10.3. The second-order valence-electron chi connectivity index (χ2n) is 5.44. The van der Waals surface area contributed by atoms with E-state index >= 15 is 0 Å². The van der Waals surface area contributed by atoms with E-state index in [4.69, 9.17) is 0 Å². The summed E-state index contributed by atoms with van der Waals surface area (Å²) in [5.41, 5.74) is 3.51. The molecular weight excluding hydrogens is 298 g/mol. The number of nitrogens with one attached hydrogen (secondary N) is 1. The van der Waals surface area contributed by atoms with E-state index in [2.05, 4.69) is 5.32 Å². The largest absolute Gasteiger partial charge is 0.325 e. The monoisotopic (exact) mass is 317 g/mol. The van der Waals surface area contributed by atoms with E-state index in [9.17, 15) is 13.2 Å². The van der Waals surface area contributed by atoms with Crippen LogP contribution in [-0.4, -0.2) is 20.1 Å². The lowest BCUT2D eigenvalue weighted by molar-refractivity contribution is -0.113. The van der Waals surface area contributed by atoms with Crippen LogP contribution in [0, 0.1) is 20.8 Å². The number of carbonyl (C=O) groups excluding carboxylic acids is 1. The molecule has 0 saturated heterocycles. The number of rotatable bonds is 4. The van der Waals surface area contributed by atoms with E-state index in [0.717, 1.165) is 16.7 Å². The van der Waals surface area contributed by atoms with Crippen LogP contribution in [0.15, 0.2) is 47.4 Å². The topological polar surface area (TPSA) is 63.2 Å². The van der Waals surface area contributed by atoms with Crippen molar-refractivity contribution in [2.24, 2.45) is 0 Å². The van der Waals surface area contributed by atoms with Gasteiger partial charge in [0.2, 0.25) is 5.91 Å². The van der Waals surface area contributed by atoms with E-state index in [0.29, 0.717) is 5.69 Å². The summed E-state index contributed by atoms with van der Waals surface area (Å²) in [6.07, 6.45) is 0. The minimum Gasteiger partial charge on any atom is -0.325 e. The summed E-state index contributed by atoms with van der Waals surface area (Å²) in [7, 11) is -3.63. The molecule has 0 atom stereocenters. The van der Waals surface area contributed by atoms with E-state index in [1.165, 1.54) is 12.1 Å². The fraction of sp³-hybridized carbons (Fsp3) is 0.235. The standard InChI is InChI=1S/C17H19NO3S/c1-12-5-8-15(9-6-12)22(20,21)11-17(19)18-16-10-13(2)4-7-14(16)3/h4-10H,11H2,1-3H3,(H,18,19). The van der Waals surface area contributed by atoms with E-state index in [1.54, 1.807) is 12.1 Å². The van der Waals surface area contributed by atoms with Gasteiger partial charge in [0.05, 0.1) is 4.90 Å². The van der Waals surface area contributed by atoms with Crippen molar-refractivity contribution in [1.82, 2.24) is 0 Å². The first kappa shape index (κ1) is 16.2. The van der Waals surface area contributed by atoms with Gasteiger partial charge in [-0.05, 0) is 50.1 Å². The Bertz CT molecular complexity index is 793. The highest BCUT2D eigenvalue weighted by molar-refractivity contribution is 7.92. The molecule has 0 unspecified atom stereocenters. The zero-order valence-electron chi connectivity index (χ0n) is 12.9. The smallest absolute Gasteiger partial charge is 0.239 e. The molecule has 0 heterocycles. The van der Waals surface area contributed by atoms with E-state index in [-0.39, 0.29) is 4.90 Å².